The standard InChI is InChI=1S/C16H23NO4S2/c18-22(19)11-10-15(12-22)17-23(20,21)16-8-6-14(7-9-16)13-4-2-1-3-5-13/h6-9,13,15,17H,1-5,10-12H2/t15-/m0/s1. The van der Waals surface area contributed by atoms with Crippen molar-refractivity contribution in [2.24, 2.45) is 0 Å². The second-order valence-electron chi connectivity index (χ2n) is 6.63. The van der Waals surface area contributed by atoms with Gasteiger partial charge in [0.05, 0.1) is 16.4 Å². The summed E-state index contributed by atoms with van der Waals surface area (Å²) in [4.78, 5) is 0.210. The van der Waals surface area contributed by atoms with Crippen molar-refractivity contribution >= 4 is 19.9 Å². The first-order valence-electron chi connectivity index (χ1n) is 8.18. The highest BCUT2D eigenvalue weighted by Gasteiger charge is 2.31. The lowest BCUT2D eigenvalue weighted by Crippen LogP contribution is -2.35. The Bertz CT molecular complexity index is 748. The lowest BCUT2D eigenvalue weighted by Gasteiger charge is -2.22. The molecule has 0 spiro atoms. The van der Waals surface area contributed by atoms with E-state index in [0.29, 0.717) is 12.3 Å². The highest BCUT2D eigenvalue weighted by molar-refractivity contribution is 7.92. The molecule has 1 aliphatic heterocycles. The maximum Gasteiger partial charge on any atom is 0.240 e. The third-order valence-corrected chi connectivity index (χ3v) is 8.13. The SMILES string of the molecule is O=S1(=O)CC[C@H](NS(=O)(=O)c2ccc(C3CCCCC3)cc2)C1. The van der Waals surface area contributed by atoms with E-state index in [1.807, 2.05) is 12.1 Å². The summed E-state index contributed by atoms with van der Waals surface area (Å²) in [5.74, 6) is 0.487. The molecule has 3 rings (SSSR count). The third-order valence-electron chi connectivity index (χ3n) is 4.82. The van der Waals surface area contributed by atoms with Gasteiger partial charge in [-0.2, -0.15) is 0 Å². The summed E-state index contributed by atoms with van der Waals surface area (Å²) in [5, 5.41) is 0. The molecule has 23 heavy (non-hydrogen) atoms. The molecular formula is C16H23NO4S2. The van der Waals surface area contributed by atoms with Crippen LogP contribution in [0.15, 0.2) is 29.2 Å². The summed E-state index contributed by atoms with van der Waals surface area (Å²) in [6.45, 7) is 0. The predicted octanol–water partition coefficient (Wildman–Crippen LogP) is 2.20. The van der Waals surface area contributed by atoms with Crippen molar-refractivity contribution in [2.45, 2.75) is 55.4 Å². The van der Waals surface area contributed by atoms with Gasteiger partial charge in [0.2, 0.25) is 10.0 Å². The smallest absolute Gasteiger partial charge is 0.229 e. The largest absolute Gasteiger partial charge is 0.240 e. The van der Waals surface area contributed by atoms with Crippen LogP contribution in [0.4, 0.5) is 0 Å². The first-order valence-corrected chi connectivity index (χ1v) is 11.5. The van der Waals surface area contributed by atoms with Gasteiger partial charge >= 0.3 is 0 Å². The van der Waals surface area contributed by atoms with Crippen LogP contribution in [-0.2, 0) is 19.9 Å². The molecule has 1 atom stereocenters. The van der Waals surface area contributed by atoms with Gasteiger partial charge in [-0.3, -0.25) is 0 Å². The monoisotopic (exact) mass is 357 g/mol. The molecular weight excluding hydrogens is 334 g/mol. The third kappa shape index (κ3) is 4.14. The van der Waals surface area contributed by atoms with Gasteiger partial charge in [0.1, 0.15) is 0 Å². The maximum absolute atomic E-state index is 12.4. The van der Waals surface area contributed by atoms with Crippen molar-refractivity contribution in [3.63, 3.8) is 0 Å². The van der Waals surface area contributed by atoms with Gasteiger partial charge in [0.25, 0.3) is 0 Å². The number of sulfonamides is 1. The van der Waals surface area contributed by atoms with Crippen molar-refractivity contribution in [1.29, 1.82) is 0 Å². The minimum atomic E-state index is -3.66. The van der Waals surface area contributed by atoms with Crippen LogP contribution in [0.25, 0.3) is 0 Å². The van der Waals surface area contributed by atoms with Gasteiger partial charge in [0.15, 0.2) is 9.84 Å². The van der Waals surface area contributed by atoms with Crippen LogP contribution >= 0.6 is 0 Å². The van der Waals surface area contributed by atoms with Crippen molar-refractivity contribution in [2.75, 3.05) is 11.5 Å². The number of hydrogen-bond acceptors (Lipinski definition) is 4. The van der Waals surface area contributed by atoms with Gasteiger partial charge in [0, 0.05) is 6.04 Å². The van der Waals surface area contributed by atoms with E-state index in [0.717, 1.165) is 0 Å². The molecule has 0 bridgehead atoms. The molecule has 5 nitrogen and oxygen atoms in total. The first-order chi connectivity index (χ1) is 10.9. The van der Waals surface area contributed by atoms with Crippen LogP contribution < -0.4 is 4.72 Å². The van der Waals surface area contributed by atoms with E-state index in [4.69, 9.17) is 0 Å². The average molecular weight is 357 g/mol. The molecule has 2 aliphatic rings. The fourth-order valence-electron chi connectivity index (χ4n) is 3.53. The number of hydrogen-bond donors (Lipinski definition) is 1. The molecule has 1 aromatic carbocycles. The van der Waals surface area contributed by atoms with Gasteiger partial charge in [-0.15, -0.1) is 0 Å². The average Bonchev–Trinajstić information content (AvgIpc) is 2.86. The van der Waals surface area contributed by atoms with Crippen molar-refractivity contribution in [3.8, 4) is 0 Å². The Labute approximate surface area is 138 Å². The van der Waals surface area contributed by atoms with Crippen LogP contribution in [-0.4, -0.2) is 34.4 Å². The van der Waals surface area contributed by atoms with E-state index in [1.54, 1.807) is 12.1 Å². The summed E-state index contributed by atoms with van der Waals surface area (Å²) >= 11 is 0. The molecule has 1 N–H and O–H groups in total. The summed E-state index contributed by atoms with van der Waals surface area (Å²) in [6, 6.07) is 6.56. The predicted molar refractivity (Wildman–Crippen MR) is 89.6 cm³/mol. The Morgan fingerprint density at radius 1 is 0.957 bits per heavy atom. The molecule has 0 amide bonds. The van der Waals surface area contributed by atoms with E-state index >= 15 is 0 Å². The normalized spacial score (nSPS) is 25.5. The van der Waals surface area contributed by atoms with Gasteiger partial charge in [-0.05, 0) is 42.9 Å². The molecule has 128 valence electrons. The van der Waals surface area contributed by atoms with Crippen LogP contribution in [0.2, 0.25) is 0 Å². The zero-order chi connectivity index (χ0) is 16.5. The van der Waals surface area contributed by atoms with Crippen LogP contribution in [0.1, 0.15) is 50.0 Å². The number of benzene rings is 1. The molecule has 2 fully saturated rings. The molecule has 1 aliphatic carbocycles. The van der Waals surface area contributed by atoms with Gasteiger partial charge < -0.3 is 0 Å². The Hall–Kier alpha value is -0.920. The molecule has 1 saturated carbocycles. The molecule has 0 aromatic heterocycles. The molecule has 0 unspecified atom stereocenters. The van der Waals surface area contributed by atoms with Crippen LogP contribution in [0.5, 0.6) is 0 Å². The first kappa shape index (κ1) is 16.9. The summed E-state index contributed by atoms with van der Waals surface area (Å²) < 4.78 is 50.2. The summed E-state index contributed by atoms with van der Waals surface area (Å²) in [5.41, 5.74) is 1.20. The number of rotatable bonds is 4. The van der Waals surface area contributed by atoms with Crippen molar-refractivity contribution in [1.82, 2.24) is 4.72 Å². The number of sulfone groups is 1. The zero-order valence-corrected chi connectivity index (χ0v) is 14.7. The summed E-state index contributed by atoms with van der Waals surface area (Å²) in [7, 11) is -6.75. The minimum absolute atomic E-state index is 0.0564. The van der Waals surface area contributed by atoms with E-state index in [2.05, 4.69) is 4.72 Å². The Kier molecular flexibility index (Phi) is 4.80. The lowest BCUT2D eigenvalue weighted by atomic mass is 9.84. The fraction of sp³-hybridized carbons (Fsp3) is 0.625. The Balaban J connectivity index is 1.70. The molecule has 1 aromatic rings. The second kappa shape index (κ2) is 6.53. The van der Waals surface area contributed by atoms with Gasteiger partial charge in [-0.1, -0.05) is 31.4 Å². The number of nitrogens with one attached hydrogen (secondary N) is 1. The van der Waals surface area contributed by atoms with E-state index in [1.165, 1.54) is 37.7 Å². The van der Waals surface area contributed by atoms with E-state index < -0.39 is 25.9 Å². The topological polar surface area (TPSA) is 80.3 Å². The van der Waals surface area contributed by atoms with E-state index in [9.17, 15) is 16.8 Å². The summed E-state index contributed by atoms with van der Waals surface area (Å²) in [6.07, 6.45) is 6.46. The Morgan fingerprint density at radius 2 is 1.61 bits per heavy atom. The zero-order valence-electron chi connectivity index (χ0n) is 13.1. The highest BCUT2D eigenvalue weighted by Crippen LogP contribution is 2.32. The quantitative estimate of drug-likeness (QED) is 0.896. The maximum atomic E-state index is 12.4. The second-order valence-corrected chi connectivity index (χ2v) is 10.6. The van der Waals surface area contributed by atoms with Crippen LogP contribution in [0, 0.1) is 0 Å². The van der Waals surface area contributed by atoms with Crippen molar-refractivity contribution in [3.05, 3.63) is 29.8 Å². The molecule has 0 radical (unpaired) electrons. The molecule has 1 heterocycles. The Morgan fingerprint density at radius 3 is 2.17 bits per heavy atom. The fourth-order valence-corrected chi connectivity index (χ4v) is 6.58. The van der Waals surface area contributed by atoms with Crippen molar-refractivity contribution < 1.29 is 16.8 Å². The molecule has 7 heteroatoms. The van der Waals surface area contributed by atoms with E-state index in [-0.39, 0.29) is 16.4 Å². The molecule has 1 saturated heterocycles. The highest BCUT2D eigenvalue weighted by atomic mass is 32.2. The minimum Gasteiger partial charge on any atom is -0.229 e. The van der Waals surface area contributed by atoms with Gasteiger partial charge in [-0.25, -0.2) is 21.6 Å². The lowest BCUT2D eigenvalue weighted by molar-refractivity contribution is 0.443. The van der Waals surface area contributed by atoms with Crippen LogP contribution in [0.3, 0.4) is 0 Å².